The second kappa shape index (κ2) is 3.65. The molecule has 0 aromatic heterocycles. The van der Waals surface area contributed by atoms with Crippen molar-refractivity contribution in [3.8, 4) is 0 Å². The first-order chi connectivity index (χ1) is 6.06. The van der Waals surface area contributed by atoms with Crippen LogP contribution in [0.5, 0.6) is 0 Å². The molecular weight excluding hydrogens is 163 g/mol. The SMILES string of the molecule is Bc1cc(C(=O)OC)c(C)cc1C. The van der Waals surface area contributed by atoms with Gasteiger partial charge < -0.3 is 4.74 Å². The van der Waals surface area contributed by atoms with Crippen LogP contribution in [0.1, 0.15) is 21.5 Å². The van der Waals surface area contributed by atoms with Gasteiger partial charge in [-0.2, -0.15) is 0 Å². The van der Waals surface area contributed by atoms with E-state index in [1.54, 1.807) is 0 Å². The van der Waals surface area contributed by atoms with E-state index >= 15 is 0 Å². The molecule has 0 aliphatic heterocycles. The van der Waals surface area contributed by atoms with Gasteiger partial charge in [0.25, 0.3) is 0 Å². The highest BCUT2D eigenvalue weighted by Crippen LogP contribution is 2.09. The Labute approximate surface area is 79.3 Å². The maximum absolute atomic E-state index is 11.3. The van der Waals surface area contributed by atoms with Gasteiger partial charge in [0.05, 0.1) is 12.7 Å². The monoisotopic (exact) mass is 176 g/mol. The van der Waals surface area contributed by atoms with Gasteiger partial charge in [-0.05, 0) is 19.4 Å². The Balaban J connectivity index is 3.23. The summed E-state index contributed by atoms with van der Waals surface area (Å²) in [6.07, 6.45) is 0. The number of ether oxygens (including phenoxy) is 1. The number of hydrogen-bond acceptors (Lipinski definition) is 2. The molecule has 13 heavy (non-hydrogen) atoms. The molecule has 0 N–H and O–H groups in total. The second-order valence-electron chi connectivity index (χ2n) is 3.24. The fourth-order valence-corrected chi connectivity index (χ4v) is 1.29. The minimum Gasteiger partial charge on any atom is -0.465 e. The molecule has 0 atom stereocenters. The summed E-state index contributed by atoms with van der Waals surface area (Å²) >= 11 is 0. The van der Waals surface area contributed by atoms with Crippen LogP contribution in [0.25, 0.3) is 0 Å². The van der Waals surface area contributed by atoms with Crippen molar-refractivity contribution in [3.05, 3.63) is 28.8 Å². The molecule has 0 unspecified atom stereocenters. The van der Waals surface area contributed by atoms with Crippen molar-refractivity contribution in [1.82, 2.24) is 0 Å². The lowest BCUT2D eigenvalue weighted by Crippen LogP contribution is -2.13. The Kier molecular flexibility index (Phi) is 2.76. The van der Waals surface area contributed by atoms with Crippen LogP contribution in [0.3, 0.4) is 0 Å². The van der Waals surface area contributed by atoms with Crippen molar-refractivity contribution < 1.29 is 9.53 Å². The van der Waals surface area contributed by atoms with Crippen LogP contribution in [-0.2, 0) is 4.74 Å². The Hall–Kier alpha value is -1.25. The third-order valence-electron chi connectivity index (χ3n) is 2.25. The van der Waals surface area contributed by atoms with Gasteiger partial charge in [-0.3, -0.25) is 0 Å². The molecule has 1 aromatic carbocycles. The molecule has 0 saturated carbocycles. The van der Waals surface area contributed by atoms with Crippen molar-refractivity contribution >= 4 is 19.3 Å². The summed E-state index contributed by atoms with van der Waals surface area (Å²) in [5, 5.41) is 0. The van der Waals surface area contributed by atoms with E-state index in [-0.39, 0.29) is 5.97 Å². The molecular formula is C10H13BO2. The summed E-state index contributed by atoms with van der Waals surface area (Å²) in [7, 11) is 3.39. The summed E-state index contributed by atoms with van der Waals surface area (Å²) in [6, 6.07) is 3.87. The van der Waals surface area contributed by atoms with E-state index in [4.69, 9.17) is 0 Å². The van der Waals surface area contributed by atoms with Gasteiger partial charge in [0.1, 0.15) is 7.85 Å². The highest BCUT2D eigenvalue weighted by atomic mass is 16.5. The van der Waals surface area contributed by atoms with Crippen LogP contribution < -0.4 is 5.46 Å². The minimum absolute atomic E-state index is 0.263. The molecule has 0 radical (unpaired) electrons. The fourth-order valence-electron chi connectivity index (χ4n) is 1.29. The molecule has 0 aliphatic carbocycles. The van der Waals surface area contributed by atoms with Gasteiger partial charge in [0, 0.05) is 0 Å². The maximum Gasteiger partial charge on any atom is 0.338 e. The molecule has 0 heterocycles. The molecule has 0 fully saturated rings. The average Bonchev–Trinajstić information content (AvgIpc) is 2.10. The quantitative estimate of drug-likeness (QED) is 0.455. The normalized spacial score (nSPS) is 9.77. The summed E-state index contributed by atoms with van der Waals surface area (Å²) in [5.74, 6) is -0.263. The first-order valence-electron chi connectivity index (χ1n) is 4.22. The Morgan fingerprint density at radius 1 is 1.31 bits per heavy atom. The largest absolute Gasteiger partial charge is 0.465 e. The van der Waals surface area contributed by atoms with Crippen molar-refractivity contribution in [1.29, 1.82) is 0 Å². The Morgan fingerprint density at radius 3 is 2.46 bits per heavy atom. The molecule has 0 amide bonds. The van der Waals surface area contributed by atoms with Crippen LogP contribution in [0, 0.1) is 13.8 Å². The number of esters is 1. The lowest BCUT2D eigenvalue weighted by molar-refractivity contribution is 0.0600. The van der Waals surface area contributed by atoms with Crippen LogP contribution in [0.15, 0.2) is 12.1 Å². The number of benzene rings is 1. The van der Waals surface area contributed by atoms with E-state index in [0.29, 0.717) is 5.56 Å². The zero-order valence-electron chi connectivity index (χ0n) is 8.47. The van der Waals surface area contributed by atoms with Crippen molar-refractivity contribution in [2.45, 2.75) is 13.8 Å². The number of methoxy groups -OCH3 is 1. The highest BCUT2D eigenvalue weighted by Gasteiger charge is 2.09. The van der Waals surface area contributed by atoms with Gasteiger partial charge in [-0.1, -0.05) is 23.2 Å². The topological polar surface area (TPSA) is 26.3 Å². The average molecular weight is 176 g/mol. The van der Waals surface area contributed by atoms with E-state index in [9.17, 15) is 4.79 Å². The number of aryl methyl sites for hydroxylation is 2. The predicted molar refractivity (Wildman–Crippen MR) is 55.4 cm³/mol. The van der Waals surface area contributed by atoms with E-state index in [1.165, 1.54) is 12.7 Å². The van der Waals surface area contributed by atoms with Gasteiger partial charge in [-0.15, -0.1) is 0 Å². The zero-order valence-corrected chi connectivity index (χ0v) is 8.47. The smallest absolute Gasteiger partial charge is 0.338 e. The molecule has 1 rings (SSSR count). The third kappa shape index (κ3) is 1.91. The van der Waals surface area contributed by atoms with E-state index in [2.05, 4.69) is 4.74 Å². The standard InChI is InChI=1S/C10H13BO2/c1-6-4-7(2)9(11)5-8(6)10(12)13-3/h4-5H,11H2,1-3H3. The van der Waals surface area contributed by atoms with Crippen molar-refractivity contribution in [3.63, 3.8) is 0 Å². The van der Waals surface area contributed by atoms with Crippen LogP contribution in [-0.4, -0.2) is 20.9 Å². The molecule has 68 valence electrons. The van der Waals surface area contributed by atoms with E-state index in [1.807, 2.05) is 33.8 Å². The summed E-state index contributed by atoms with van der Waals surface area (Å²) in [4.78, 5) is 11.3. The molecule has 0 bridgehead atoms. The molecule has 2 nitrogen and oxygen atoms in total. The number of carbonyl (C=O) groups is 1. The molecule has 0 saturated heterocycles. The second-order valence-corrected chi connectivity index (χ2v) is 3.24. The van der Waals surface area contributed by atoms with Gasteiger partial charge in [-0.25, -0.2) is 4.79 Å². The predicted octanol–water partition coefficient (Wildman–Crippen LogP) is 0.348. The van der Waals surface area contributed by atoms with Crippen molar-refractivity contribution in [2.24, 2.45) is 0 Å². The molecule has 3 heteroatoms. The van der Waals surface area contributed by atoms with E-state index < -0.39 is 0 Å². The highest BCUT2D eigenvalue weighted by molar-refractivity contribution is 6.33. The third-order valence-corrected chi connectivity index (χ3v) is 2.25. The summed E-state index contributed by atoms with van der Waals surface area (Å²) in [6.45, 7) is 3.95. The number of hydrogen-bond donors (Lipinski definition) is 0. The number of rotatable bonds is 1. The lowest BCUT2D eigenvalue weighted by atomic mass is 9.88. The minimum atomic E-state index is -0.263. The first kappa shape index (κ1) is 9.84. The Morgan fingerprint density at radius 2 is 1.92 bits per heavy atom. The van der Waals surface area contributed by atoms with Crippen LogP contribution in [0.2, 0.25) is 0 Å². The van der Waals surface area contributed by atoms with Crippen molar-refractivity contribution in [2.75, 3.05) is 7.11 Å². The summed E-state index contributed by atoms with van der Waals surface area (Å²) < 4.78 is 4.67. The van der Waals surface area contributed by atoms with Crippen LogP contribution in [0.4, 0.5) is 0 Å². The molecule has 0 aliphatic rings. The molecule has 1 aromatic rings. The van der Waals surface area contributed by atoms with Crippen LogP contribution >= 0.6 is 0 Å². The van der Waals surface area contributed by atoms with E-state index in [0.717, 1.165) is 11.0 Å². The Bertz CT molecular complexity index is 345. The lowest BCUT2D eigenvalue weighted by Gasteiger charge is -2.07. The summed E-state index contributed by atoms with van der Waals surface area (Å²) in [5.41, 5.74) is 3.94. The maximum atomic E-state index is 11.3. The van der Waals surface area contributed by atoms with Gasteiger partial charge >= 0.3 is 5.97 Å². The number of carbonyl (C=O) groups excluding carboxylic acids is 1. The zero-order chi connectivity index (χ0) is 10.0. The first-order valence-corrected chi connectivity index (χ1v) is 4.22. The fraction of sp³-hybridized carbons (Fsp3) is 0.300. The molecule has 0 spiro atoms. The van der Waals surface area contributed by atoms with Gasteiger partial charge in [0.15, 0.2) is 0 Å². The van der Waals surface area contributed by atoms with Gasteiger partial charge in [0.2, 0.25) is 0 Å².